The van der Waals surface area contributed by atoms with Crippen LogP contribution >= 0.6 is 27.7 Å². The summed E-state index contributed by atoms with van der Waals surface area (Å²) in [5, 5.41) is 20.7. The van der Waals surface area contributed by atoms with Crippen molar-refractivity contribution in [1.29, 1.82) is 0 Å². The molecule has 2 aromatic rings. The molecule has 0 atom stereocenters. The molecule has 0 aliphatic carbocycles. The zero-order chi connectivity index (χ0) is 14.5. The Morgan fingerprint density at radius 3 is 3.00 bits per heavy atom. The Morgan fingerprint density at radius 1 is 1.50 bits per heavy atom. The SMILES string of the molecule is CCCn1nnnc1CSc1cc(Br)ccc1C(=O)O. The summed E-state index contributed by atoms with van der Waals surface area (Å²) in [6, 6.07) is 5.10. The average Bonchev–Trinajstić information content (AvgIpc) is 2.84. The molecule has 20 heavy (non-hydrogen) atoms. The van der Waals surface area contributed by atoms with Crippen molar-refractivity contribution < 1.29 is 9.90 Å². The fourth-order valence-electron chi connectivity index (χ4n) is 1.65. The highest BCUT2D eigenvalue weighted by molar-refractivity contribution is 9.10. The first-order chi connectivity index (χ1) is 9.61. The standard InChI is InChI=1S/C12H13BrN4O2S/c1-2-5-17-11(14-15-16-17)7-20-10-6-8(13)3-4-9(10)12(18)19/h3-4,6H,2,5,7H2,1H3,(H,18,19). The zero-order valence-electron chi connectivity index (χ0n) is 10.8. The fourth-order valence-corrected chi connectivity index (χ4v) is 3.17. The molecule has 0 bridgehead atoms. The molecule has 8 heteroatoms. The second-order valence-corrected chi connectivity index (χ2v) is 5.99. The molecule has 106 valence electrons. The van der Waals surface area contributed by atoms with Crippen LogP contribution < -0.4 is 0 Å². The van der Waals surface area contributed by atoms with Gasteiger partial charge in [-0.2, -0.15) is 0 Å². The molecule has 0 spiro atoms. The summed E-state index contributed by atoms with van der Waals surface area (Å²) < 4.78 is 2.59. The third-order valence-corrected chi connectivity index (χ3v) is 4.12. The van der Waals surface area contributed by atoms with Crippen molar-refractivity contribution in [3.05, 3.63) is 34.1 Å². The Hall–Kier alpha value is -1.41. The summed E-state index contributed by atoms with van der Waals surface area (Å²) in [6.45, 7) is 2.81. The van der Waals surface area contributed by atoms with Crippen LogP contribution in [0.15, 0.2) is 27.6 Å². The zero-order valence-corrected chi connectivity index (χ0v) is 13.2. The highest BCUT2D eigenvalue weighted by atomic mass is 79.9. The van der Waals surface area contributed by atoms with Gasteiger partial charge in [-0.15, -0.1) is 16.9 Å². The van der Waals surface area contributed by atoms with Crippen molar-refractivity contribution >= 4 is 33.7 Å². The van der Waals surface area contributed by atoms with Gasteiger partial charge in [0.05, 0.1) is 11.3 Å². The third kappa shape index (κ3) is 3.57. The minimum atomic E-state index is -0.937. The number of carbonyl (C=O) groups is 1. The fraction of sp³-hybridized carbons (Fsp3) is 0.333. The van der Waals surface area contributed by atoms with Gasteiger partial charge in [0, 0.05) is 15.9 Å². The van der Waals surface area contributed by atoms with Gasteiger partial charge in [0.25, 0.3) is 0 Å². The van der Waals surface area contributed by atoms with Crippen LogP contribution in [0.5, 0.6) is 0 Å². The molecule has 0 saturated heterocycles. The lowest BCUT2D eigenvalue weighted by Gasteiger charge is -2.06. The summed E-state index contributed by atoms with van der Waals surface area (Å²) in [5.74, 6) is 0.338. The molecule has 0 aliphatic heterocycles. The van der Waals surface area contributed by atoms with E-state index in [1.54, 1.807) is 22.9 Å². The number of aromatic carboxylic acids is 1. The first-order valence-corrected chi connectivity index (χ1v) is 7.80. The molecule has 0 radical (unpaired) electrons. The Bertz CT molecular complexity index is 617. The van der Waals surface area contributed by atoms with Gasteiger partial charge in [-0.1, -0.05) is 22.9 Å². The molecule has 1 aromatic heterocycles. The Labute approximate surface area is 128 Å². The molecule has 0 amide bonds. The molecule has 0 unspecified atom stereocenters. The van der Waals surface area contributed by atoms with Crippen LogP contribution in [-0.4, -0.2) is 31.3 Å². The van der Waals surface area contributed by atoms with Crippen LogP contribution in [0.25, 0.3) is 0 Å². The highest BCUT2D eigenvalue weighted by Crippen LogP contribution is 2.28. The van der Waals surface area contributed by atoms with E-state index < -0.39 is 5.97 Å². The van der Waals surface area contributed by atoms with Gasteiger partial charge in [0.2, 0.25) is 0 Å². The second-order valence-electron chi connectivity index (χ2n) is 4.05. The van der Waals surface area contributed by atoms with Gasteiger partial charge in [0.15, 0.2) is 5.82 Å². The first-order valence-electron chi connectivity index (χ1n) is 6.02. The summed E-state index contributed by atoms with van der Waals surface area (Å²) in [6.07, 6.45) is 0.944. The van der Waals surface area contributed by atoms with Gasteiger partial charge < -0.3 is 5.11 Å². The summed E-state index contributed by atoms with van der Waals surface area (Å²) in [5.41, 5.74) is 0.285. The molecule has 1 aromatic carbocycles. The number of benzene rings is 1. The predicted octanol–water partition coefficient (Wildman–Crippen LogP) is 2.84. The van der Waals surface area contributed by atoms with Crippen molar-refractivity contribution in [2.45, 2.75) is 30.5 Å². The number of aryl methyl sites for hydroxylation is 1. The van der Waals surface area contributed by atoms with Crippen LogP contribution in [0, 0.1) is 0 Å². The minimum Gasteiger partial charge on any atom is -0.478 e. The minimum absolute atomic E-state index is 0.285. The van der Waals surface area contributed by atoms with E-state index in [4.69, 9.17) is 0 Å². The number of thioether (sulfide) groups is 1. The Kier molecular flexibility index (Phi) is 5.13. The predicted molar refractivity (Wildman–Crippen MR) is 78.8 cm³/mol. The van der Waals surface area contributed by atoms with E-state index in [-0.39, 0.29) is 5.56 Å². The first kappa shape index (κ1) is 15.0. The van der Waals surface area contributed by atoms with E-state index in [0.717, 1.165) is 23.3 Å². The third-order valence-electron chi connectivity index (χ3n) is 2.57. The molecule has 2 rings (SSSR count). The topological polar surface area (TPSA) is 80.9 Å². The van der Waals surface area contributed by atoms with Crippen molar-refractivity contribution in [1.82, 2.24) is 20.2 Å². The van der Waals surface area contributed by atoms with Gasteiger partial charge in [-0.25, -0.2) is 9.48 Å². The lowest BCUT2D eigenvalue weighted by molar-refractivity contribution is 0.0693. The van der Waals surface area contributed by atoms with Crippen molar-refractivity contribution in [2.24, 2.45) is 0 Å². The highest BCUT2D eigenvalue weighted by Gasteiger charge is 2.13. The average molecular weight is 357 g/mol. The van der Waals surface area contributed by atoms with E-state index in [0.29, 0.717) is 10.6 Å². The Morgan fingerprint density at radius 2 is 2.30 bits per heavy atom. The number of carboxylic acids is 1. The second kappa shape index (κ2) is 6.85. The quantitative estimate of drug-likeness (QED) is 0.801. The van der Waals surface area contributed by atoms with Gasteiger partial charge in [0.1, 0.15) is 0 Å². The van der Waals surface area contributed by atoms with Crippen LogP contribution in [0.1, 0.15) is 29.5 Å². The van der Waals surface area contributed by atoms with Crippen LogP contribution in [-0.2, 0) is 12.3 Å². The van der Waals surface area contributed by atoms with Crippen LogP contribution in [0.3, 0.4) is 0 Å². The van der Waals surface area contributed by atoms with E-state index >= 15 is 0 Å². The molecule has 0 saturated carbocycles. The maximum atomic E-state index is 11.2. The number of hydrogen-bond donors (Lipinski definition) is 1. The smallest absolute Gasteiger partial charge is 0.336 e. The van der Waals surface area contributed by atoms with Crippen molar-refractivity contribution in [3.63, 3.8) is 0 Å². The number of rotatable bonds is 6. The number of hydrogen-bond acceptors (Lipinski definition) is 5. The van der Waals surface area contributed by atoms with Crippen molar-refractivity contribution in [2.75, 3.05) is 0 Å². The number of halogens is 1. The molecule has 1 heterocycles. The monoisotopic (exact) mass is 356 g/mol. The Balaban J connectivity index is 2.16. The van der Waals surface area contributed by atoms with Crippen molar-refractivity contribution in [3.8, 4) is 0 Å². The summed E-state index contributed by atoms with van der Waals surface area (Å²) in [4.78, 5) is 11.9. The van der Waals surface area contributed by atoms with E-state index in [9.17, 15) is 9.90 Å². The lowest BCUT2D eigenvalue weighted by Crippen LogP contribution is -2.05. The van der Waals surface area contributed by atoms with Crippen LogP contribution in [0.2, 0.25) is 0 Å². The van der Waals surface area contributed by atoms with E-state index in [2.05, 4.69) is 38.4 Å². The molecule has 0 aliphatic rings. The van der Waals surface area contributed by atoms with Crippen LogP contribution in [0.4, 0.5) is 0 Å². The van der Waals surface area contributed by atoms with Gasteiger partial charge >= 0.3 is 5.97 Å². The van der Waals surface area contributed by atoms with E-state index in [1.165, 1.54) is 11.8 Å². The number of nitrogens with zero attached hydrogens (tertiary/aromatic N) is 4. The molecule has 0 fully saturated rings. The molecular formula is C12H13BrN4O2S. The lowest BCUT2D eigenvalue weighted by atomic mass is 10.2. The molecule has 6 nitrogen and oxygen atoms in total. The number of tetrazole rings is 1. The summed E-state index contributed by atoms with van der Waals surface area (Å²) >= 11 is 4.76. The molecular weight excluding hydrogens is 344 g/mol. The largest absolute Gasteiger partial charge is 0.478 e. The number of aromatic nitrogens is 4. The van der Waals surface area contributed by atoms with E-state index in [1.807, 2.05) is 0 Å². The van der Waals surface area contributed by atoms with Gasteiger partial charge in [-0.05, 0) is 35.0 Å². The summed E-state index contributed by atoms with van der Waals surface area (Å²) in [7, 11) is 0. The maximum Gasteiger partial charge on any atom is 0.336 e. The normalized spacial score (nSPS) is 10.7. The van der Waals surface area contributed by atoms with Gasteiger partial charge in [-0.3, -0.25) is 0 Å². The maximum absolute atomic E-state index is 11.2. The molecule has 1 N–H and O–H groups in total. The number of carboxylic acid groups (broad SMARTS) is 1.